The van der Waals surface area contributed by atoms with E-state index >= 15 is 0 Å². The van der Waals surface area contributed by atoms with Gasteiger partial charge in [0.25, 0.3) is 0 Å². The lowest BCUT2D eigenvalue weighted by molar-refractivity contribution is -0.144. The van der Waals surface area contributed by atoms with Crippen LogP contribution in [0.3, 0.4) is 0 Å². The van der Waals surface area contributed by atoms with Crippen LogP contribution in [0.5, 0.6) is 0 Å². The van der Waals surface area contributed by atoms with Crippen LogP contribution in [0.4, 0.5) is 0 Å². The zero-order valence-electron chi connectivity index (χ0n) is 7.90. The lowest BCUT2D eigenvalue weighted by Crippen LogP contribution is -2.28. The molecule has 0 N–H and O–H groups in total. The number of methoxy groups -OCH3 is 1. The van der Waals surface area contributed by atoms with Crippen molar-refractivity contribution in [1.82, 2.24) is 4.57 Å². The van der Waals surface area contributed by atoms with Crippen LogP contribution in [0.1, 0.15) is 29.4 Å². The van der Waals surface area contributed by atoms with Crippen LogP contribution in [0.2, 0.25) is 0 Å². The Morgan fingerprint density at radius 3 is 3.14 bits per heavy atom. The Morgan fingerprint density at radius 1 is 1.64 bits per heavy atom. The minimum absolute atomic E-state index is 0.0927. The number of ketones is 1. The molecule has 2 rings (SSSR count). The molecule has 0 bridgehead atoms. The SMILES string of the molecule is COC(=O)[C@H]1CCC(=O)c2cccn21. The smallest absolute Gasteiger partial charge is 0.328 e. The Kier molecular flexibility index (Phi) is 2.11. The number of aromatic nitrogens is 1. The number of hydrogen-bond acceptors (Lipinski definition) is 3. The largest absolute Gasteiger partial charge is 0.467 e. The fourth-order valence-corrected chi connectivity index (χ4v) is 1.80. The minimum Gasteiger partial charge on any atom is -0.467 e. The van der Waals surface area contributed by atoms with E-state index in [4.69, 9.17) is 0 Å². The molecule has 0 amide bonds. The lowest BCUT2D eigenvalue weighted by Gasteiger charge is -2.22. The van der Waals surface area contributed by atoms with Gasteiger partial charge in [-0.1, -0.05) is 0 Å². The molecule has 4 heteroatoms. The Morgan fingerprint density at radius 2 is 2.43 bits per heavy atom. The molecule has 1 aliphatic heterocycles. The summed E-state index contributed by atoms with van der Waals surface area (Å²) in [5, 5.41) is 0. The highest BCUT2D eigenvalue weighted by Crippen LogP contribution is 2.25. The molecule has 0 aliphatic carbocycles. The van der Waals surface area contributed by atoms with E-state index in [1.807, 2.05) is 0 Å². The van der Waals surface area contributed by atoms with Crippen molar-refractivity contribution in [3.8, 4) is 0 Å². The average molecular weight is 193 g/mol. The molecule has 1 aromatic heterocycles. The number of ether oxygens (including phenoxy) is 1. The molecular formula is C10H11NO3. The van der Waals surface area contributed by atoms with E-state index in [9.17, 15) is 9.59 Å². The number of esters is 1. The maximum Gasteiger partial charge on any atom is 0.328 e. The number of carbonyl (C=O) groups excluding carboxylic acids is 2. The van der Waals surface area contributed by atoms with Crippen LogP contribution in [0, 0.1) is 0 Å². The summed E-state index contributed by atoms with van der Waals surface area (Å²) >= 11 is 0. The van der Waals surface area contributed by atoms with E-state index in [2.05, 4.69) is 4.74 Å². The maximum atomic E-state index is 11.4. The number of hydrogen-bond donors (Lipinski definition) is 0. The Hall–Kier alpha value is -1.58. The predicted octanol–water partition coefficient (Wildman–Crippen LogP) is 1.18. The van der Waals surface area contributed by atoms with E-state index in [1.54, 1.807) is 22.9 Å². The van der Waals surface area contributed by atoms with Gasteiger partial charge in [-0.3, -0.25) is 4.79 Å². The van der Waals surface area contributed by atoms with Gasteiger partial charge in [0, 0.05) is 12.6 Å². The summed E-state index contributed by atoms with van der Waals surface area (Å²) in [5.74, 6) is -0.190. The Balaban J connectivity index is 2.38. The van der Waals surface area contributed by atoms with Crippen molar-refractivity contribution in [1.29, 1.82) is 0 Å². The zero-order valence-corrected chi connectivity index (χ0v) is 7.90. The summed E-state index contributed by atoms with van der Waals surface area (Å²) in [6, 6.07) is 3.18. The second-order valence-corrected chi connectivity index (χ2v) is 3.30. The molecule has 74 valence electrons. The maximum absolute atomic E-state index is 11.4. The quantitative estimate of drug-likeness (QED) is 0.629. The molecule has 0 saturated carbocycles. The Bertz CT molecular complexity index is 380. The second-order valence-electron chi connectivity index (χ2n) is 3.30. The molecule has 0 fully saturated rings. The van der Waals surface area contributed by atoms with Gasteiger partial charge >= 0.3 is 5.97 Å². The van der Waals surface area contributed by atoms with E-state index in [-0.39, 0.29) is 17.8 Å². The first kappa shape index (κ1) is 8.99. The van der Waals surface area contributed by atoms with Gasteiger partial charge in [-0.05, 0) is 18.6 Å². The standard InChI is InChI=1S/C10H11NO3/c1-14-10(13)8-4-5-9(12)7-3-2-6-11(7)8/h2-3,6,8H,4-5H2,1H3/t8-/m1/s1. The van der Waals surface area contributed by atoms with Crippen molar-refractivity contribution < 1.29 is 14.3 Å². The van der Waals surface area contributed by atoms with E-state index in [0.717, 1.165) is 0 Å². The van der Waals surface area contributed by atoms with E-state index < -0.39 is 0 Å². The van der Waals surface area contributed by atoms with E-state index in [1.165, 1.54) is 7.11 Å². The van der Waals surface area contributed by atoms with Crippen LogP contribution in [-0.2, 0) is 9.53 Å². The van der Waals surface area contributed by atoms with Crippen LogP contribution >= 0.6 is 0 Å². The topological polar surface area (TPSA) is 48.3 Å². The average Bonchev–Trinajstić information content (AvgIpc) is 2.67. The minimum atomic E-state index is -0.331. The summed E-state index contributed by atoms with van der Waals surface area (Å²) in [6.07, 6.45) is 2.70. The van der Waals surface area contributed by atoms with Gasteiger partial charge in [-0.2, -0.15) is 0 Å². The monoisotopic (exact) mass is 193 g/mol. The van der Waals surface area contributed by atoms with Crippen LogP contribution in [0.25, 0.3) is 0 Å². The molecule has 0 saturated heterocycles. The number of nitrogens with zero attached hydrogens (tertiary/aromatic N) is 1. The third-order valence-corrected chi connectivity index (χ3v) is 2.52. The first-order chi connectivity index (χ1) is 6.74. The number of rotatable bonds is 1. The van der Waals surface area contributed by atoms with Crippen molar-refractivity contribution in [3.05, 3.63) is 24.0 Å². The van der Waals surface area contributed by atoms with Crippen LogP contribution < -0.4 is 0 Å². The number of Topliss-reactive ketones (excluding diaryl/α,β-unsaturated/α-hetero) is 1. The molecule has 1 aromatic rings. The first-order valence-electron chi connectivity index (χ1n) is 4.52. The third-order valence-electron chi connectivity index (χ3n) is 2.52. The van der Waals surface area contributed by atoms with E-state index in [0.29, 0.717) is 18.5 Å². The molecule has 0 unspecified atom stereocenters. The van der Waals surface area contributed by atoms with Gasteiger partial charge in [-0.25, -0.2) is 4.79 Å². The summed E-state index contributed by atoms with van der Waals surface area (Å²) in [6.45, 7) is 0. The van der Waals surface area contributed by atoms with Crippen molar-refractivity contribution in [2.45, 2.75) is 18.9 Å². The van der Waals surface area contributed by atoms with Gasteiger partial charge in [0.05, 0.1) is 12.8 Å². The molecule has 1 atom stereocenters. The van der Waals surface area contributed by atoms with Crippen molar-refractivity contribution in [3.63, 3.8) is 0 Å². The fraction of sp³-hybridized carbons (Fsp3) is 0.400. The van der Waals surface area contributed by atoms with Crippen LogP contribution in [0.15, 0.2) is 18.3 Å². The fourth-order valence-electron chi connectivity index (χ4n) is 1.80. The highest BCUT2D eigenvalue weighted by molar-refractivity contribution is 5.96. The first-order valence-corrected chi connectivity index (χ1v) is 4.52. The van der Waals surface area contributed by atoms with Crippen molar-refractivity contribution in [2.24, 2.45) is 0 Å². The van der Waals surface area contributed by atoms with Gasteiger partial charge < -0.3 is 9.30 Å². The lowest BCUT2D eigenvalue weighted by atomic mass is 10.0. The zero-order chi connectivity index (χ0) is 10.1. The van der Waals surface area contributed by atoms with Crippen LogP contribution in [-0.4, -0.2) is 23.4 Å². The molecule has 4 nitrogen and oxygen atoms in total. The molecule has 0 aromatic carbocycles. The van der Waals surface area contributed by atoms with Gasteiger partial charge in [0.2, 0.25) is 0 Å². The van der Waals surface area contributed by atoms with Gasteiger partial charge in [-0.15, -0.1) is 0 Å². The molecule has 0 radical (unpaired) electrons. The summed E-state index contributed by atoms with van der Waals surface area (Å²) in [7, 11) is 1.36. The molecule has 1 aliphatic rings. The summed E-state index contributed by atoms with van der Waals surface area (Å²) < 4.78 is 6.37. The number of fused-ring (bicyclic) bond motifs is 1. The molecule has 2 heterocycles. The number of carbonyl (C=O) groups is 2. The second kappa shape index (κ2) is 3.29. The van der Waals surface area contributed by atoms with Gasteiger partial charge in [0.1, 0.15) is 6.04 Å². The van der Waals surface area contributed by atoms with Gasteiger partial charge in [0.15, 0.2) is 5.78 Å². The Labute approximate surface area is 81.5 Å². The summed E-state index contributed by atoms with van der Waals surface area (Å²) in [5.41, 5.74) is 0.603. The van der Waals surface area contributed by atoms with Crippen molar-refractivity contribution >= 4 is 11.8 Å². The van der Waals surface area contributed by atoms with Crippen molar-refractivity contribution in [2.75, 3.05) is 7.11 Å². The molecule has 0 spiro atoms. The predicted molar refractivity (Wildman–Crippen MR) is 49.0 cm³/mol. The highest BCUT2D eigenvalue weighted by Gasteiger charge is 2.29. The molecular weight excluding hydrogens is 182 g/mol. The highest BCUT2D eigenvalue weighted by atomic mass is 16.5. The summed E-state index contributed by atoms with van der Waals surface area (Å²) in [4.78, 5) is 22.8. The molecule has 14 heavy (non-hydrogen) atoms. The third kappa shape index (κ3) is 1.23. The normalized spacial score (nSPS) is 20.4.